The monoisotopic (exact) mass is 306 g/mol. The number of aromatic nitrogens is 2. The predicted molar refractivity (Wildman–Crippen MR) is 87.0 cm³/mol. The molecule has 6 heteroatoms. The first kappa shape index (κ1) is 14.6. The molecule has 1 aromatic heterocycles. The Morgan fingerprint density at radius 3 is 1.78 bits per heavy atom. The summed E-state index contributed by atoms with van der Waals surface area (Å²) >= 11 is 0. The Labute approximate surface area is 133 Å². The highest BCUT2D eigenvalue weighted by atomic mass is 16.6. The predicted octanol–water partition coefficient (Wildman–Crippen LogP) is 3.59. The van der Waals surface area contributed by atoms with Gasteiger partial charge < -0.3 is 5.32 Å². The molecule has 2 aromatic carbocycles. The van der Waals surface area contributed by atoms with Gasteiger partial charge in [0.15, 0.2) is 0 Å². The molecule has 0 saturated carbocycles. The molecular weight excluding hydrogens is 292 g/mol. The fourth-order valence-corrected chi connectivity index (χ4v) is 2.27. The quantitative estimate of drug-likeness (QED) is 0.575. The normalized spacial score (nSPS) is 10.5. The Morgan fingerprint density at radius 1 is 0.870 bits per heavy atom. The zero-order valence-electron chi connectivity index (χ0n) is 12.2. The van der Waals surface area contributed by atoms with E-state index in [1.807, 2.05) is 60.7 Å². The maximum absolute atomic E-state index is 10.7. The van der Waals surface area contributed by atoms with Crippen LogP contribution in [0.25, 0.3) is 0 Å². The highest BCUT2D eigenvalue weighted by Crippen LogP contribution is 2.25. The third kappa shape index (κ3) is 3.49. The zero-order chi connectivity index (χ0) is 16.1. The molecule has 3 rings (SSSR count). The number of nitro groups is 1. The van der Waals surface area contributed by atoms with E-state index in [9.17, 15) is 10.1 Å². The summed E-state index contributed by atoms with van der Waals surface area (Å²) < 4.78 is 0. The van der Waals surface area contributed by atoms with Gasteiger partial charge in [0.2, 0.25) is 5.95 Å². The van der Waals surface area contributed by atoms with Crippen molar-refractivity contribution in [3.63, 3.8) is 0 Å². The van der Waals surface area contributed by atoms with Crippen LogP contribution in [0.3, 0.4) is 0 Å². The number of nitrogens with zero attached hydrogens (tertiary/aromatic N) is 3. The smallest absolute Gasteiger partial charge is 0.305 e. The average Bonchev–Trinajstić information content (AvgIpc) is 2.61. The lowest BCUT2D eigenvalue weighted by molar-refractivity contribution is -0.385. The summed E-state index contributed by atoms with van der Waals surface area (Å²) in [7, 11) is 0. The van der Waals surface area contributed by atoms with Crippen LogP contribution >= 0.6 is 0 Å². The summed E-state index contributed by atoms with van der Waals surface area (Å²) in [4.78, 5) is 18.2. The Hall–Kier alpha value is -3.28. The second-order valence-corrected chi connectivity index (χ2v) is 4.92. The van der Waals surface area contributed by atoms with Crippen LogP contribution in [0.2, 0.25) is 0 Å². The Kier molecular flexibility index (Phi) is 4.24. The Morgan fingerprint density at radius 2 is 1.35 bits per heavy atom. The van der Waals surface area contributed by atoms with Gasteiger partial charge in [0.05, 0.1) is 11.0 Å². The molecule has 0 fully saturated rings. The molecule has 6 nitrogen and oxygen atoms in total. The molecule has 1 heterocycles. The van der Waals surface area contributed by atoms with Crippen molar-refractivity contribution in [1.29, 1.82) is 0 Å². The maximum atomic E-state index is 10.7. The first-order valence-electron chi connectivity index (χ1n) is 7.07. The third-order valence-electron chi connectivity index (χ3n) is 3.39. The van der Waals surface area contributed by atoms with Gasteiger partial charge in [-0.25, -0.2) is 9.97 Å². The molecule has 114 valence electrons. The number of benzene rings is 2. The molecule has 0 aliphatic carbocycles. The van der Waals surface area contributed by atoms with Crippen molar-refractivity contribution in [2.75, 3.05) is 5.32 Å². The highest BCUT2D eigenvalue weighted by Gasteiger charge is 2.15. The van der Waals surface area contributed by atoms with Crippen molar-refractivity contribution < 1.29 is 4.92 Å². The second kappa shape index (κ2) is 6.65. The molecular formula is C17H14N4O2. The molecule has 0 spiro atoms. The van der Waals surface area contributed by atoms with Gasteiger partial charge in [-0.1, -0.05) is 60.7 Å². The minimum atomic E-state index is -0.518. The van der Waals surface area contributed by atoms with Crippen LogP contribution in [0.5, 0.6) is 0 Å². The molecule has 3 aromatic rings. The van der Waals surface area contributed by atoms with Crippen molar-refractivity contribution in [2.24, 2.45) is 0 Å². The SMILES string of the molecule is O=[N+]([O-])c1cnc(NC(c2ccccc2)c2ccccc2)nc1. The van der Waals surface area contributed by atoms with Crippen LogP contribution < -0.4 is 5.32 Å². The van der Waals surface area contributed by atoms with E-state index < -0.39 is 4.92 Å². The standard InChI is InChI=1S/C17H14N4O2/c22-21(23)15-11-18-17(19-12-15)20-16(13-7-3-1-4-8-13)14-9-5-2-6-10-14/h1-12,16H,(H,18,19,20). The first-order valence-corrected chi connectivity index (χ1v) is 7.07. The summed E-state index contributed by atoms with van der Waals surface area (Å²) in [5, 5.41) is 13.9. The van der Waals surface area contributed by atoms with Crippen molar-refractivity contribution in [3.8, 4) is 0 Å². The minimum Gasteiger partial charge on any atom is -0.343 e. The number of rotatable bonds is 5. The van der Waals surface area contributed by atoms with Crippen LogP contribution in [0.1, 0.15) is 17.2 Å². The summed E-state index contributed by atoms with van der Waals surface area (Å²) in [6, 6.07) is 19.7. The molecule has 1 N–H and O–H groups in total. The van der Waals surface area contributed by atoms with Gasteiger partial charge in [0, 0.05) is 0 Å². The van der Waals surface area contributed by atoms with Crippen molar-refractivity contribution in [3.05, 3.63) is 94.3 Å². The van der Waals surface area contributed by atoms with Crippen molar-refractivity contribution >= 4 is 11.6 Å². The van der Waals surface area contributed by atoms with Crippen LogP contribution in [-0.4, -0.2) is 14.9 Å². The van der Waals surface area contributed by atoms with Gasteiger partial charge >= 0.3 is 5.69 Å². The molecule has 0 aliphatic rings. The van der Waals surface area contributed by atoms with E-state index in [0.717, 1.165) is 11.1 Å². The molecule has 0 saturated heterocycles. The number of nitrogens with one attached hydrogen (secondary N) is 1. The van der Waals surface area contributed by atoms with Crippen LogP contribution in [0.15, 0.2) is 73.1 Å². The number of anilines is 1. The maximum Gasteiger partial charge on any atom is 0.305 e. The number of hydrogen-bond acceptors (Lipinski definition) is 5. The summed E-state index contributed by atoms with van der Waals surface area (Å²) in [6.45, 7) is 0. The van der Waals surface area contributed by atoms with Gasteiger partial charge in [0.25, 0.3) is 0 Å². The van der Waals surface area contributed by atoms with E-state index in [1.165, 1.54) is 12.4 Å². The van der Waals surface area contributed by atoms with Crippen LogP contribution in [0.4, 0.5) is 11.6 Å². The van der Waals surface area contributed by atoms with E-state index in [2.05, 4.69) is 15.3 Å². The molecule has 0 radical (unpaired) electrons. The second-order valence-electron chi connectivity index (χ2n) is 4.92. The number of hydrogen-bond donors (Lipinski definition) is 1. The molecule has 0 atom stereocenters. The Bertz CT molecular complexity index is 737. The fourth-order valence-electron chi connectivity index (χ4n) is 2.27. The van der Waals surface area contributed by atoms with E-state index in [1.54, 1.807) is 0 Å². The van der Waals surface area contributed by atoms with E-state index in [4.69, 9.17) is 0 Å². The van der Waals surface area contributed by atoms with Crippen LogP contribution in [-0.2, 0) is 0 Å². The largest absolute Gasteiger partial charge is 0.343 e. The lowest BCUT2D eigenvalue weighted by Crippen LogP contribution is -2.14. The highest BCUT2D eigenvalue weighted by molar-refractivity contribution is 5.41. The molecule has 23 heavy (non-hydrogen) atoms. The molecule has 0 aliphatic heterocycles. The first-order chi connectivity index (χ1) is 11.2. The third-order valence-corrected chi connectivity index (χ3v) is 3.39. The molecule has 0 bridgehead atoms. The summed E-state index contributed by atoms with van der Waals surface area (Å²) in [5.41, 5.74) is 1.98. The van der Waals surface area contributed by atoms with Crippen molar-refractivity contribution in [1.82, 2.24) is 9.97 Å². The topological polar surface area (TPSA) is 81.0 Å². The zero-order valence-corrected chi connectivity index (χ0v) is 12.2. The van der Waals surface area contributed by atoms with E-state index in [-0.39, 0.29) is 11.7 Å². The average molecular weight is 306 g/mol. The van der Waals surface area contributed by atoms with Gasteiger partial charge in [-0.3, -0.25) is 10.1 Å². The molecule has 0 unspecified atom stereocenters. The van der Waals surface area contributed by atoms with Crippen LogP contribution in [0, 0.1) is 10.1 Å². The molecule has 0 amide bonds. The van der Waals surface area contributed by atoms with Gasteiger partial charge in [-0.05, 0) is 11.1 Å². The van der Waals surface area contributed by atoms with Gasteiger partial charge in [0.1, 0.15) is 12.4 Å². The minimum absolute atomic E-state index is 0.133. The lowest BCUT2D eigenvalue weighted by Gasteiger charge is -2.19. The van der Waals surface area contributed by atoms with Crippen molar-refractivity contribution in [2.45, 2.75) is 6.04 Å². The van der Waals surface area contributed by atoms with Gasteiger partial charge in [-0.2, -0.15) is 0 Å². The summed E-state index contributed by atoms with van der Waals surface area (Å²) in [5.74, 6) is 0.341. The summed E-state index contributed by atoms with van der Waals surface area (Å²) in [6.07, 6.45) is 2.39. The fraction of sp³-hybridized carbons (Fsp3) is 0.0588. The lowest BCUT2D eigenvalue weighted by atomic mass is 9.99. The van der Waals surface area contributed by atoms with E-state index in [0.29, 0.717) is 5.95 Å². The van der Waals surface area contributed by atoms with Gasteiger partial charge in [-0.15, -0.1) is 0 Å². The Balaban J connectivity index is 1.92. The van der Waals surface area contributed by atoms with E-state index >= 15 is 0 Å².